The van der Waals surface area contributed by atoms with Crippen LogP contribution in [-0.4, -0.2) is 34.5 Å². The summed E-state index contributed by atoms with van der Waals surface area (Å²) in [6.45, 7) is 7.78. The monoisotopic (exact) mass is 330 g/mol. The molecule has 0 heterocycles. The molecule has 0 unspecified atom stereocenters. The molecule has 0 bridgehead atoms. The van der Waals surface area contributed by atoms with Crippen molar-refractivity contribution in [2.45, 2.75) is 39.7 Å². The third-order valence-corrected chi connectivity index (χ3v) is 6.43. The van der Waals surface area contributed by atoms with Crippen molar-refractivity contribution < 1.29 is 13.3 Å². The number of hydrogen-bond acceptors (Lipinski definition) is 3. The van der Waals surface area contributed by atoms with Gasteiger partial charge in [-0.15, -0.1) is 11.6 Å². The van der Waals surface area contributed by atoms with Crippen molar-refractivity contribution in [3.05, 3.63) is 35.4 Å². The Kier molecular flexibility index (Phi) is 9.20. The topological polar surface area (TPSA) is 27.7 Å². The summed E-state index contributed by atoms with van der Waals surface area (Å²) in [5, 5.41) is 0. The molecular formula is C16H27ClO3Si. The Morgan fingerprint density at radius 3 is 1.76 bits per heavy atom. The molecule has 0 atom stereocenters. The van der Waals surface area contributed by atoms with Gasteiger partial charge in [0.15, 0.2) is 0 Å². The molecule has 3 nitrogen and oxygen atoms in total. The highest BCUT2D eigenvalue weighted by molar-refractivity contribution is 6.60. The van der Waals surface area contributed by atoms with Crippen molar-refractivity contribution in [3.63, 3.8) is 0 Å². The second kappa shape index (κ2) is 10.4. The van der Waals surface area contributed by atoms with Crippen LogP contribution in [0.1, 0.15) is 38.3 Å². The lowest BCUT2D eigenvalue weighted by atomic mass is 10.1. The van der Waals surface area contributed by atoms with E-state index < -0.39 is 8.80 Å². The maximum Gasteiger partial charge on any atom is 0.505 e. The van der Waals surface area contributed by atoms with Gasteiger partial charge in [0.2, 0.25) is 0 Å². The molecule has 0 amide bonds. The van der Waals surface area contributed by atoms with Crippen LogP contribution in [0.5, 0.6) is 0 Å². The second-order valence-electron chi connectivity index (χ2n) is 4.77. The van der Waals surface area contributed by atoms with Crippen molar-refractivity contribution in [2.75, 3.05) is 25.7 Å². The fourth-order valence-electron chi connectivity index (χ4n) is 2.28. The van der Waals surface area contributed by atoms with Gasteiger partial charge in [-0.1, -0.05) is 24.3 Å². The zero-order valence-corrected chi connectivity index (χ0v) is 15.1. The van der Waals surface area contributed by atoms with E-state index in [4.69, 9.17) is 24.9 Å². The molecule has 0 aliphatic carbocycles. The smallest absolute Gasteiger partial charge is 0.374 e. The van der Waals surface area contributed by atoms with Crippen LogP contribution in [0, 0.1) is 0 Å². The van der Waals surface area contributed by atoms with Crippen molar-refractivity contribution >= 4 is 20.4 Å². The fourth-order valence-corrected chi connectivity index (χ4v) is 5.03. The van der Waals surface area contributed by atoms with E-state index >= 15 is 0 Å². The third kappa shape index (κ3) is 6.49. The van der Waals surface area contributed by atoms with E-state index in [9.17, 15) is 0 Å². The first-order valence-electron chi connectivity index (χ1n) is 7.75. The van der Waals surface area contributed by atoms with Crippen LogP contribution in [0.4, 0.5) is 0 Å². The van der Waals surface area contributed by atoms with Gasteiger partial charge < -0.3 is 13.3 Å². The SMILES string of the molecule is CCO[Si](Cc1ccc(CCCCl)cc1)(OCC)OCC. The third-order valence-electron chi connectivity index (χ3n) is 3.14. The summed E-state index contributed by atoms with van der Waals surface area (Å²) in [6.07, 6.45) is 2.03. The molecule has 0 radical (unpaired) electrons. The minimum atomic E-state index is -2.60. The first-order valence-corrected chi connectivity index (χ1v) is 10.2. The van der Waals surface area contributed by atoms with Gasteiger partial charge in [0, 0.05) is 31.7 Å². The van der Waals surface area contributed by atoms with Gasteiger partial charge in [-0.05, 0) is 44.7 Å². The van der Waals surface area contributed by atoms with Gasteiger partial charge in [-0.3, -0.25) is 0 Å². The van der Waals surface area contributed by atoms with E-state index in [-0.39, 0.29) is 0 Å². The van der Waals surface area contributed by atoms with Gasteiger partial charge in [-0.25, -0.2) is 0 Å². The minimum Gasteiger partial charge on any atom is -0.374 e. The molecule has 5 heteroatoms. The summed E-state index contributed by atoms with van der Waals surface area (Å²) < 4.78 is 17.7. The van der Waals surface area contributed by atoms with Crippen LogP contribution in [0.25, 0.3) is 0 Å². The van der Waals surface area contributed by atoms with Crippen molar-refractivity contribution in [1.29, 1.82) is 0 Å². The van der Waals surface area contributed by atoms with Gasteiger partial charge in [0.05, 0.1) is 0 Å². The molecule has 0 aliphatic heterocycles. The molecule has 0 saturated heterocycles. The predicted molar refractivity (Wildman–Crippen MR) is 89.8 cm³/mol. The van der Waals surface area contributed by atoms with Gasteiger partial charge in [0.25, 0.3) is 0 Å². The van der Waals surface area contributed by atoms with E-state index in [0.29, 0.717) is 25.7 Å². The highest BCUT2D eigenvalue weighted by Gasteiger charge is 2.40. The zero-order chi connectivity index (χ0) is 15.6. The van der Waals surface area contributed by atoms with Crippen LogP contribution in [0.15, 0.2) is 24.3 Å². The summed E-state index contributed by atoms with van der Waals surface area (Å²) in [5.41, 5.74) is 2.52. The van der Waals surface area contributed by atoms with Crippen LogP contribution < -0.4 is 0 Å². The number of aryl methyl sites for hydroxylation is 1. The normalized spacial score (nSPS) is 11.8. The average Bonchev–Trinajstić information content (AvgIpc) is 2.47. The molecule has 0 spiro atoms. The van der Waals surface area contributed by atoms with Crippen molar-refractivity contribution in [2.24, 2.45) is 0 Å². The number of halogens is 1. The van der Waals surface area contributed by atoms with Crippen LogP contribution in [0.2, 0.25) is 0 Å². The largest absolute Gasteiger partial charge is 0.505 e. The first kappa shape index (κ1) is 18.7. The fraction of sp³-hybridized carbons (Fsp3) is 0.625. The lowest BCUT2D eigenvalue weighted by Crippen LogP contribution is -2.48. The van der Waals surface area contributed by atoms with Gasteiger partial charge in [0.1, 0.15) is 0 Å². The Bertz CT molecular complexity index is 367. The Morgan fingerprint density at radius 1 is 0.857 bits per heavy atom. The number of rotatable bonds is 11. The summed E-state index contributed by atoms with van der Waals surface area (Å²) in [7, 11) is -2.60. The summed E-state index contributed by atoms with van der Waals surface area (Å²) in [6, 6.07) is 9.32. The lowest BCUT2D eigenvalue weighted by molar-refractivity contribution is 0.0704. The lowest BCUT2D eigenvalue weighted by Gasteiger charge is -2.28. The van der Waals surface area contributed by atoms with Crippen molar-refractivity contribution in [1.82, 2.24) is 0 Å². The number of benzene rings is 1. The molecule has 21 heavy (non-hydrogen) atoms. The van der Waals surface area contributed by atoms with Crippen LogP contribution >= 0.6 is 11.6 Å². The Morgan fingerprint density at radius 2 is 1.33 bits per heavy atom. The molecule has 1 aromatic rings. The van der Waals surface area contributed by atoms with E-state index in [1.54, 1.807) is 0 Å². The van der Waals surface area contributed by atoms with E-state index in [1.807, 2.05) is 20.8 Å². The summed E-state index contributed by atoms with van der Waals surface area (Å²) in [5.74, 6) is 0.705. The Balaban J connectivity index is 2.76. The van der Waals surface area contributed by atoms with Crippen LogP contribution in [0.3, 0.4) is 0 Å². The minimum absolute atomic E-state index is 0.611. The van der Waals surface area contributed by atoms with Gasteiger partial charge >= 0.3 is 8.80 Å². The van der Waals surface area contributed by atoms with Crippen LogP contribution in [-0.2, 0) is 25.7 Å². The van der Waals surface area contributed by atoms with Crippen molar-refractivity contribution in [3.8, 4) is 0 Å². The standard InChI is InChI=1S/C16H27ClO3Si/c1-4-18-21(19-5-2,20-6-3)14-16-11-9-15(10-12-16)8-7-13-17/h9-12H,4-8,13-14H2,1-3H3. The maximum absolute atomic E-state index is 5.89. The molecule has 0 aromatic heterocycles. The summed E-state index contributed by atoms with van der Waals surface area (Å²) >= 11 is 5.73. The van der Waals surface area contributed by atoms with E-state index in [0.717, 1.165) is 18.9 Å². The molecule has 120 valence electrons. The zero-order valence-electron chi connectivity index (χ0n) is 13.4. The molecule has 0 aliphatic rings. The molecule has 0 N–H and O–H groups in total. The van der Waals surface area contributed by atoms with Gasteiger partial charge in [-0.2, -0.15) is 0 Å². The summed E-state index contributed by atoms with van der Waals surface area (Å²) in [4.78, 5) is 0. The molecule has 0 saturated carbocycles. The maximum atomic E-state index is 5.89. The molecule has 0 fully saturated rings. The molecule has 1 rings (SSSR count). The quantitative estimate of drug-likeness (QED) is 0.453. The average molecular weight is 331 g/mol. The molecular weight excluding hydrogens is 304 g/mol. The molecule has 1 aromatic carbocycles. The second-order valence-corrected chi connectivity index (χ2v) is 7.73. The Hall–Kier alpha value is -0.393. The van der Waals surface area contributed by atoms with E-state index in [1.165, 1.54) is 11.1 Å². The number of alkyl halides is 1. The Labute approximate surface area is 134 Å². The highest BCUT2D eigenvalue weighted by atomic mass is 35.5. The predicted octanol–water partition coefficient (Wildman–Crippen LogP) is 3.99. The first-order chi connectivity index (χ1) is 10.2. The highest BCUT2D eigenvalue weighted by Crippen LogP contribution is 2.18. The van der Waals surface area contributed by atoms with E-state index in [2.05, 4.69) is 24.3 Å². The number of hydrogen-bond donors (Lipinski definition) is 0.